The van der Waals surface area contributed by atoms with Crippen LogP contribution in [0.25, 0.3) is 10.6 Å². The van der Waals surface area contributed by atoms with Crippen molar-refractivity contribution < 1.29 is 34.1 Å². The van der Waals surface area contributed by atoms with E-state index in [1.807, 2.05) is 0 Å². The molecule has 1 saturated carbocycles. The summed E-state index contributed by atoms with van der Waals surface area (Å²) in [7, 11) is 18.0. The Kier molecular flexibility index (Phi) is 22.5. The van der Waals surface area contributed by atoms with E-state index < -0.39 is 42.3 Å². The second-order valence-electron chi connectivity index (χ2n) is 10.3. The summed E-state index contributed by atoms with van der Waals surface area (Å²) in [6, 6.07) is 0. The van der Waals surface area contributed by atoms with Gasteiger partial charge in [0.1, 0.15) is 17.2 Å². The molecule has 0 aromatic rings. The van der Waals surface area contributed by atoms with Crippen molar-refractivity contribution in [2.24, 2.45) is 17.8 Å². The summed E-state index contributed by atoms with van der Waals surface area (Å²) >= 11 is -1.11. The Morgan fingerprint density at radius 3 is 1.86 bits per heavy atom. The molecule has 12 heteroatoms. The Hall–Kier alpha value is 2.34. The zero-order valence-electron chi connectivity index (χ0n) is 23.2. The van der Waals surface area contributed by atoms with Crippen LogP contribution in [0, 0.1) is 25.2 Å². The minimum absolute atomic E-state index is 0. The molecule has 209 valence electrons. The number of rotatable bonds is 3. The first-order valence-electron chi connectivity index (χ1n) is 12.5. The minimum atomic E-state index is -1.38. The summed E-state index contributed by atoms with van der Waals surface area (Å²) in [6.07, 6.45) is 8.58. The molecule has 4 nitrogen and oxygen atoms in total. The zero-order valence-corrected chi connectivity index (χ0v) is 31.4. The topological polar surface area (TPSA) is 34.7 Å². The van der Waals surface area contributed by atoms with Crippen LogP contribution in [0.15, 0.2) is 23.8 Å². The van der Waals surface area contributed by atoms with Crippen molar-refractivity contribution in [3.05, 3.63) is 41.9 Å². The summed E-state index contributed by atoms with van der Waals surface area (Å²) in [5, 5.41) is 8.82. The molecule has 0 bridgehead atoms. The van der Waals surface area contributed by atoms with Gasteiger partial charge in [0.15, 0.2) is 0 Å². The van der Waals surface area contributed by atoms with E-state index in [1.54, 1.807) is 5.57 Å². The van der Waals surface area contributed by atoms with Gasteiger partial charge >= 0.3 is 71.3 Å². The normalized spacial score (nSPS) is 28.0. The Labute approximate surface area is 259 Å². The second-order valence-corrected chi connectivity index (χ2v) is 22.6. The maximum absolute atomic E-state index is 4.89. The first kappa shape index (κ1) is 38.3. The molecule has 1 radical (unpaired) electrons. The number of hydrogen-bond acceptors (Lipinski definition) is 2. The fourth-order valence-corrected chi connectivity index (χ4v) is 11.8. The number of piperazine rings is 2. The second kappa shape index (κ2) is 21.1. The number of nitrogens with zero attached hydrogens (tertiary/aromatic N) is 4. The van der Waals surface area contributed by atoms with Crippen molar-refractivity contribution in [1.82, 2.24) is 9.13 Å². The van der Waals surface area contributed by atoms with Gasteiger partial charge in [-0.25, -0.2) is 0 Å². The predicted octanol–water partition coefficient (Wildman–Crippen LogP) is 8.17. The van der Waals surface area contributed by atoms with E-state index in [0.29, 0.717) is 0 Å². The van der Waals surface area contributed by atoms with E-state index in [1.165, 1.54) is 32.6 Å². The molecule has 4 unspecified atom stereocenters. The quantitative estimate of drug-likeness (QED) is 0.222. The fourth-order valence-electron chi connectivity index (χ4n) is 6.15. The molecule has 0 amide bonds. The van der Waals surface area contributed by atoms with E-state index in [-0.39, 0.29) is 16.4 Å². The molecule has 0 aromatic carbocycles. The van der Waals surface area contributed by atoms with Gasteiger partial charge in [-0.2, -0.15) is 0 Å². The number of allylic oxidation sites excluding steroid dienone is 4. The molecule has 3 fully saturated rings. The van der Waals surface area contributed by atoms with E-state index >= 15 is 0 Å². The van der Waals surface area contributed by atoms with Crippen molar-refractivity contribution in [3.8, 4) is 0 Å². The predicted molar refractivity (Wildman–Crippen MR) is 162 cm³/mol. The zero-order chi connectivity index (χ0) is 26.4. The first-order chi connectivity index (χ1) is 16.6. The van der Waals surface area contributed by atoms with Gasteiger partial charge in [-0.05, 0) is 62.8 Å². The molecule has 4 atom stereocenters. The molecule has 2 aliphatic heterocycles. The Bertz CT molecular complexity index is 633. The van der Waals surface area contributed by atoms with Gasteiger partial charge in [0, 0.05) is 0 Å². The van der Waals surface area contributed by atoms with Gasteiger partial charge in [0.05, 0.1) is 0 Å². The van der Waals surface area contributed by atoms with Crippen LogP contribution in [-0.2, 0) is 34.1 Å². The van der Waals surface area contributed by atoms with Crippen LogP contribution in [0.4, 0.5) is 0 Å². The van der Waals surface area contributed by atoms with Crippen LogP contribution >= 0.6 is 37.2 Å². The molecule has 0 spiro atoms. The number of halogens is 4. The third-order valence-corrected chi connectivity index (χ3v) is 14.1. The third kappa shape index (κ3) is 12.5. The SMILES string of the molecule is CC1=CC=CC2C1CC(C)C2[Si](C)(C)N1CC[N-]CC1.C[Si](C)N1CC[N-]CC1.[CH3-].[Cl][Ti][Cl].[Cl][Ti][Cl]. The first-order valence-corrected chi connectivity index (χ1v) is 26.6. The molecule has 0 N–H and O–H groups in total. The van der Waals surface area contributed by atoms with Gasteiger partial charge in [-0.3, -0.25) is 0 Å². The third-order valence-electron chi connectivity index (χ3n) is 7.77. The summed E-state index contributed by atoms with van der Waals surface area (Å²) in [5.41, 5.74) is 2.52. The molecule has 0 aromatic heterocycles. The Morgan fingerprint density at radius 2 is 1.42 bits per heavy atom. The summed E-state index contributed by atoms with van der Waals surface area (Å²) < 4.78 is 5.41. The number of hydrogen-bond donors (Lipinski definition) is 0. The molecule has 4 rings (SSSR count). The van der Waals surface area contributed by atoms with Crippen molar-refractivity contribution in [2.45, 2.75) is 52.0 Å². The van der Waals surface area contributed by atoms with Crippen LogP contribution < -0.4 is 0 Å². The van der Waals surface area contributed by atoms with Gasteiger partial charge in [0.25, 0.3) is 0 Å². The van der Waals surface area contributed by atoms with Gasteiger partial charge in [-0.1, -0.05) is 56.9 Å². The van der Waals surface area contributed by atoms with Crippen molar-refractivity contribution in [2.75, 3.05) is 52.4 Å². The summed E-state index contributed by atoms with van der Waals surface area (Å²) in [4.78, 5) is 0. The fraction of sp³-hybridized carbons (Fsp3) is 0.792. The maximum atomic E-state index is 4.89. The number of fused-ring (bicyclic) bond motifs is 1. The van der Waals surface area contributed by atoms with E-state index in [4.69, 9.17) is 37.2 Å². The van der Waals surface area contributed by atoms with Crippen LogP contribution in [0.1, 0.15) is 20.3 Å². The summed E-state index contributed by atoms with van der Waals surface area (Å²) in [6.45, 7) is 23.8. The molecule has 2 saturated heterocycles. The van der Waals surface area contributed by atoms with E-state index in [2.05, 4.69) is 78.0 Å². The van der Waals surface area contributed by atoms with Crippen molar-refractivity contribution in [1.29, 1.82) is 0 Å². The molecular formula is C24H46Cl4N4Si2Ti2-3. The average molecular weight is 684 g/mol. The van der Waals surface area contributed by atoms with Crippen LogP contribution in [-0.4, -0.2) is 78.7 Å². The monoisotopic (exact) mass is 682 g/mol. The Morgan fingerprint density at radius 1 is 0.944 bits per heavy atom. The molecule has 2 heterocycles. The van der Waals surface area contributed by atoms with E-state index in [9.17, 15) is 0 Å². The molecular weight excluding hydrogens is 638 g/mol. The molecule has 2 aliphatic carbocycles. The van der Waals surface area contributed by atoms with Crippen LogP contribution in [0.2, 0.25) is 31.7 Å². The van der Waals surface area contributed by atoms with Gasteiger partial charge < -0.3 is 27.2 Å². The molecule has 36 heavy (non-hydrogen) atoms. The van der Waals surface area contributed by atoms with Crippen molar-refractivity contribution in [3.63, 3.8) is 0 Å². The standard InChI is InChI=1S/C17H29N2Si.C6H14N2Si.CH3.4ClH.2Ti/c1-13-6-5-7-15-16(13)12-14(2)17(15)20(3,4)19-10-8-18-9-11-19;1-9(2)8-5-3-7-4-6-8;;;;;;;/h5-7,14-17H,8-12H2,1-4H3;3-6H2,1-2H3;1H3;4*1H;;/q3*-1;;;;;2*+2/p-4. The van der Waals surface area contributed by atoms with Gasteiger partial charge in [0.2, 0.25) is 0 Å². The Balaban J connectivity index is 0.000000640. The van der Waals surface area contributed by atoms with Gasteiger partial charge in [-0.15, -0.1) is 26.2 Å². The van der Waals surface area contributed by atoms with Crippen LogP contribution in [0.5, 0.6) is 0 Å². The van der Waals surface area contributed by atoms with Crippen molar-refractivity contribution >= 4 is 54.4 Å². The van der Waals surface area contributed by atoms with E-state index in [0.717, 1.165) is 49.5 Å². The summed E-state index contributed by atoms with van der Waals surface area (Å²) in [5.74, 6) is 2.49. The average Bonchev–Trinajstić information content (AvgIpc) is 3.20. The van der Waals surface area contributed by atoms with Crippen LogP contribution in [0.3, 0.4) is 0 Å². The molecule has 4 aliphatic rings.